The summed E-state index contributed by atoms with van der Waals surface area (Å²) in [6, 6.07) is 7.52. The zero-order valence-corrected chi connectivity index (χ0v) is 15.7. The molecule has 0 bridgehead atoms. The van der Waals surface area contributed by atoms with E-state index in [1.807, 2.05) is 35.9 Å². The summed E-state index contributed by atoms with van der Waals surface area (Å²) in [5.41, 5.74) is 10.1. The molecule has 1 saturated carbocycles. The summed E-state index contributed by atoms with van der Waals surface area (Å²) >= 11 is 0. The number of aromatic nitrogens is 3. The van der Waals surface area contributed by atoms with E-state index in [-0.39, 0.29) is 12.1 Å². The number of benzene rings is 1. The van der Waals surface area contributed by atoms with Crippen LogP contribution in [0.4, 0.5) is 0 Å². The Balaban J connectivity index is 1.45. The van der Waals surface area contributed by atoms with Crippen LogP contribution in [0.15, 0.2) is 36.8 Å². The maximum atomic E-state index is 10.7. The first kappa shape index (κ1) is 17.6. The predicted octanol–water partition coefficient (Wildman–Crippen LogP) is 1.80. The van der Waals surface area contributed by atoms with Gasteiger partial charge in [-0.05, 0) is 37.5 Å². The largest absolute Gasteiger partial charge is 0.487 e. The number of hydrogen-bond acceptors (Lipinski definition) is 6. The summed E-state index contributed by atoms with van der Waals surface area (Å²) in [5.74, 6) is 0.718. The molecular formula is C21H24N4O3. The van der Waals surface area contributed by atoms with E-state index in [1.54, 1.807) is 0 Å². The molecule has 0 saturated heterocycles. The van der Waals surface area contributed by atoms with Crippen LogP contribution in [-0.2, 0) is 6.42 Å². The minimum absolute atomic E-state index is 0.0430. The summed E-state index contributed by atoms with van der Waals surface area (Å²) in [7, 11) is 0. The number of hydrogen-bond donors (Lipinski definition) is 3. The number of nitrogens with zero attached hydrogens (tertiary/aromatic N) is 3. The van der Waals surface area contributed by atoms with E-state index < -0.39 is 18.3 Å². The molecule has 2 aliphatic carbocycles. The molecule has 7 nitrogen and oxygen atoms in total. The molecule has 0 radical (unpaired) electrons. The standard InChI is InChI=1S/C21H24N4O3/c1-11-13-7-8-25(21(13)24-10-23-11)15-9-17(20(27)19(15)26)28-16-4-2-3-12-5-6-14(22)18(12)16/h2-4,7-8,10,14-15,17,19-20,26-27H,5-6,9,22H2,1H3/t14?,15?,17?,19-,20+/m0/s1. The van der Waals surface area contributed by atoms with E-state index in [9.17, 15) is 10.2 Å². The normalized spacial score (nSPS) is 29.4. The van der Waals surface area contributed by atoms with Gasteiger partial charge in [-0.25, -0.2) is 9.97 Å². The summed E-state index contributed by atoms with van der Waals surface area (Å²) in [5, 5.41) is 22.4. The summed E-state index contributed by atoms with van der Waals surface area (Å²) in [4.78, 5) is 8.59. The van der Waals surface area contributed by atoms with Crippen molar-refractivity contribution in [3.63, 3.8) is 0 Å². The number of aryl methyl sites for hydroxylation is 2. The summed E-state index contributed by atoms with van der Waals surface area (Å²) in [6.45, 7) is 1.93. The highest BCUT2D eigenvalue weighted by Gasteiger charge is 2.44. The third-order valence-corrected chi connectivity index (χ3v) is 6.19. The molecule has 2 aliphatic rings. The van der Waals surface area contributed by atoms with Crippen LogP contribution >= 0.6 is 0 Å². The minimum Gasteiger partial charge on any atom is -0.487 e. The molecule has 2 aromatic heterocycles. The molecule has 1 aromatic carbocycles. The van der Waals surface area contributed by atoms with Crippen molar-refractivity contribution in [3.8, 4) is 5.75 Å². The Morgan fingerprint density at radius 3 is 2.89 bits per heavy atom. The highest BCUT2D eigenvalue weighted by atomic mass is 16.5. The Labute approximate surface area is 162 Å². The van der Waals surface area contributed by atoms with Crippen LogP contribution < -0.4 is 10.5 Å². The minimum atomic E-state index is -0.987. The molecule has 28 heavy (non-hydrogen) atoms. The Hall–Kier alpha value is -2.48. The Kier molecular flexibility index (Phi) is 4.12. The summed E-state index contributed by atoms with van der Waals surface area (Å²) in [6.07, 6.45) is 3.30. The fourth-order valence-corrected chi connectivity index (χ4v) is 4.67. The van der Waals surface area contributed by atoms with Crippen molar-refractivity contribution in [2.45, 2.75) is 56.6 Å². The topological polar surface area (TPSA) is 106 Å². The first-order chi connectivity index (χ1) is 13.5. The van der Waals surface area contributed by atoms with Gasteiger partial charge in [0.25, 0.3) is 0 Å². The molecule has 3 unspecified atom stereocenters. The smallest absolute Gasteiger partial charge is 0.143 e. The van der Waals surface area contributed by atoms with Crippen molar-refractivity contribution in [1.29, 1.82) is 0 Å². The van der Waals surface area contributed by atoms with E-state index in [2.05, 4.69) is 16.0 Å². The highest BCUT2D eigenvalue weighted by molar-refractivity contribution is 5.78. The van der Waals surface area contributed by atoms with E-state index >= 15 is 0 Å². The van der Waals surface area contributed by atoms with Crippen LogP contribution in [0.3, 0.4) is 0 Å². The van der Waals surface area contributed by atoms with Gasteiger partial charge >= 0.3 is 0 Å². The van der Waals surface area contributed by atoms with E-state index in [4.69, 9.17) is 10.5 Å². The van der Waals surface area contributed by atoms with Crippen molar-refractivity contribution < 1.29 is 14.9 Å². The van der Waals surface area contributed by atoms with Gasteiger partial charge in [0.2, 0.25) is 0 Å². The van der Waals surface area contributed by atoms with Gasteiger partial charge in [0, 0.05) is 29.6 Å². The highest BCUT2D eigenvalue weighted by Crippen LogP contribution is 2.40. The van der Waals surface area contributed by atoms with Gasteiger partial charge in [-0.2, -0.15) is 0 Å². The zero-order chi connectivity index (χ0) is 19.4. The zero-order valence-electron chi connectivity index (χ0n) is 15.7. The van der Waals surface area contributed by atoms with Gasteiger partial charge in [0.15, 0.2) is 0 Å². The van der Waals surface area contributed by atoms with Crippen molar-refractivity contribution in [1.82, 2.24) is 14.5 Å². The molecular weight excluding hydrogens is 356 g/mol. The fraction of sp³-hybridized carbons (Fsp3) is 0.429. The average Bonchev–Trinajstić information content (AvgIpc) is 3.36. The SMILES string of the molecule is Cc1ncnc2c1ccn2C1CC(Oc2cccc3c2C(N)CC3)[C@@H](O)[C@H]1O. The molecule has 7 heteroatoms. The average molecular weight is 380 g/mol. The van der Waals surface area contributed by atoms with Crippen molar-refractivity contribution in [2.24, 2.45) is 5.73 Å². The molecule has 0 spiro atoms. The van der Waals surface area contributed by atoms with Crippen LogP contribution in [-0.4, -0.2) is 43.1 Å². The second-order valence-electron chi connectivity index (χ2n) is 7.83. The first-order valence-corrected chi connectivity index (χ1v) is 9.73. The van der Waals surface area contributed by atoms with Crippen molar-refractivity contribution in [2.75, 3.05) is 0 Å². The van der Waals surface area contributed by atoms with Gasteiger partial charge in [-0.3, -0.25) is 0 Å². The van der Waals surface area contributed by atoms with Gasteiger partial charge < -0.3 is 25.3 Å². The number of nitrogens with two attached hydrogens (primary N) is 1. The van der Waals surface area contributed by atoms with E-state index in [0.29, 0.717) is 6.42 Å². The number of ether oxygens (including phenoxy) is 1. The molecule has 5 atom stereocenters. The lowest BCUT2D eigenvalue weighted by molar-refractivity contribution is -0.0166. The van der Waals surface area contributed by atoms with Crippen LogP contribution in [0.2, 0.25) is 0 Å². The van der Waals surface area contributed by atoms with E-state index in [1.165, 1.54) is 11.9 Å². The maximum absolute atomic E-state index is 10.7. The lowest BCUT2D eigenvalue weighted by Crippen LogP contribution is -2.34. The molecule has 0 aliphatic heterocycles. The second-order valence-corrected chi connectivity index (χ2v) is 7.83. The number of aliphatic hydroxyl groups is 2. The van der Waals surface area contributed by atoms with Gasteiger partial charge in [0.05, 0.1) is 11.7 Å². The molecule has 3 aromatic rings. The first-order valence-electron chi connectivity index (χ1n) is 9.73. The van der Waals surface area contributed by atoms with Crippen LogP contribution in [0.25, 0.3) is 11.0 Å². The third-order valence-electron chi connectivity index (χ3n) is 6.19. The number of fused-ring (bicyclic) bond motifs is 2. The van der Waals surface area contributed by atoms with Gasteiger partial charge in [-0.1, -0.05) is 12.1 Å². The quantitative estimate of drug-likeness (QED) is 0.640. The Bertz CT molecular complexity index is 1030. The number of rotatable bonds is 3. The molecule has 1 fully saturated rings. The lowest BCUT2D eigenvalue weighted by Gasteiger charge is -2.21. The number of aliphatic hydroxyl groups excluding tert-OH is 2. The molecule has 4 N–H and O–H groups in total. The fourth-order valence-electron chi connectivity index (χ4n) is 4.67. The Morgan fingerprint density at radius 1 is 1.18 bits per heavy atom. The van der Waals surface area contributed by atoms with Gasteiger partial charge in [-0.15, -0.1) is 0 Å². The van der Waals surface area contributed by atoms with Crippen LogP contribution in [0, 0.1) is 6.92 Å². The molecule has 146 valence electrons. The van der Waals surface area contributed by atoms with E-state index in [0.717, 1.165) is 40.9 Å². The lowest BCUT2D eigenvalue weighted by atomic mass is 10.1. The van der Waals surface area contributed by atoms with Gasteiger partial charge in [0.1, 0.15) is 36.0 Å². The molecule has 2 heterocycles. The second kappa shape index (κ2) is 6.55. The molecule has 0 amide bonds. The Morgan fingerprint density at radius 2 is 2.04 bits per heavy atom. The van der Waals surface area contributed by atoms with Crippen LogP contribution in [0.1, 0.15) is 41.7 Å². The van der Waals surface area contributed by atoms with Crippen molar-refractivity contribution in [3.05, 3.63) is 53.6 Å². The monoisotopic (exact) mass is 380 g/mol. The van der Waals surface area contributed by atoms with Crippen molar-refractivity contribution >= 4 is 11.0 Å². The van der Waals surface area contributed by atoms with Crippen LogP contribution in [0.5, 0.6) is 5.75 Å². The maximum Gasteiger partial charge on any atom is 0.143 e. The molecule has 5 rings (SSSR count). The predicted molar refractivity (Wildman–Crippen MR) is 104 cm³/mol. The third kappa shape index (κ3) is 2.62. The summed E-state index contributed by atoms with van der Waals surface area (Å²) < 4.78 is 8.12.